The zero-order valence-corrected chi connectivity index (χ0v) is 11.1. The molecule has 0 unspecified atom stereocenters. The summed E-state index contributed by atoms with van der Waals surface area (Å²) in [6, 6.07) is 7.93. The zero-order valence-electron chi connectivity index (χ0n) is 9.43. The van der Waals surface area contributed by atoms with Crippen molar-refractivity contribution in [3.05, 3.63) is 24.3 Å². The minimum atomic E-state index is 0.0949. The predicted octanol–water partition coefficient (Wildman–Crippen LogP) is 1.86. The summed E-state index contributed by atoms with van der Waals surface area (Å²) in [5.41, 5.74) is 0.929. The fourth-order valence-electron chi connectivity index (χ4n) is 1.98. The van der Waals surface area contributed by atoms with E-state index in [2.05, 4.69) is 15.3 Å². The van der Waals surface area contributed by atoms with Gasteiger partial charge < -0.3 is 0 Å². The van der Waals surface area contributed by atoms with Crippen molar-refractivity contribution in [1.29, 1.82) is 0 Å². The Morgan fingerprint density at radius 2 is 1.76 bits per heavy atom. The van der Waals surface area contributed by atoms with Gasteiger partial charge >= 0.3 is 104 Å². The van der Waals surface area contributed by atoms with Crippen molar-refractivity contribution < 1.29 is 9.47 Å². The van der Waals surface area contributed by atoms with Crippen LogP contribution in [0.4, 0.5) is 0 Å². The number of hydrogen-bond acceptors (Lipinski definition) is 4. The average molecular weight is 293 g/mol. The first-order valence-corrected chi connectivity index (χ1v) is 6.73. The van der Waals surface area contributed by atoms with Gasteiger partial charge in [0, 0.05) is 0 Å². The van der Waals surface area contributed by atoms with E-state index < -0.39 is 0 Å². The Labute approximate surface area is 104 Å². The van der Waals surface area contributed by atoms with Crippen molar-refractivity contribution in [1.82, 2.24) is 9.19 Å². The molecule has 3 aromatic rings. The van der Waals surface area contributed by atoms with Crippen LogP contribution in [0, 0.1) is 0 Å². The van der Waals surface area contributed by atoms with Gasteiger partial charge in [0.25, 0.3) is 0 Å². The van der Waals surface area contributed by atoms with Crippen LogP contribution >= 0.6 is 0 Å². The zero-order chi connectivity index (χ0) is 11.8. The average Bonchev–Trinajstić information content (AvgIpc) is 2.85. The van der Waals surface area contributed by atoms with Gasteiger partial charge in [0.1, 0.15) is 0 Å². The molecule has 0 radical (unpaired) electrons. The van der Waals surface area contributed by atoms with Crippen molar-refractivity contribution in [2.24, 2.45) is 0 Å². The number of ether oxygens (including phenoxy) is 2. The van der Waals surface area contributed by atoms with E-state index in [4.69, 9.17) is 9.47 Å². The first-order chi connectivity index (χ1) is 8.35. The number of methoxy groups -OCH3 is 2. The summed E-state index contributed by atoms with van der Waals surface area (Å²) in [6.45, 7) is 0. The summed E-state index contributed by atoms with van der Waals surface area (Å²) in [5, 5.41) is 6.24. The standard InChI is InChI=1S/C12H10N2O2Se/c1-15-8-4-5-9(16-2)11-7(8)3-6-10-12(11)13-14-17-10/h3-6H,1-2H3. The molecule has 0 N–H and O–H groups in total. The number of nitrogens with zero attached hydrogens (tertiary/aromatic N) is 2. The van der Waals surface area contributed by atoms with Crippen LogP contribution < -0.4 is 9.47 Å². The van der Waals surface area contributed by atoms with Gasteiger partial charge in [-0.1, -0.05) is 0 Å². The quantitative estimate of drug-likeness (QED) is 0.676. The van der Waals surface area contributed by atoms with E-state index >= 15 is 0 Å². The Kier molecular flexibility index (Phi) is 2.50. The van der Waals surface area contributed by atoms with Crippen molar-refractivity contribution in [2.75, 3.05) is 14.2 Å². The molecule has 0 spiro atoms. The van der Waals surface area contributed by atoms with Crippen LogP contribution in [-0.2, 0) is 0 Å². The molecule has 0 amide bonds. The monoisotopic (exact) mass is 294 g/mol. The first-order valence-electron chi connectivity index (χ1n) is 5.11. The molecule has 0 aliphatic rings. The van der Waals surface area contributed by atoms with Gasteiger partial charge in [-0.15, -0.1) is 0 Å². The molecule has 1 aromatic heterocycles. The minimum absolute atomic E-state index is 0.0949. The SMILES string of the molecule is COc1ccc(OC)c2c1ccc1[se]nnc12. The van der Waals surface area contributed by atoms with E-state index in [-0.39, 0.29) is 14.7 Å². The molecule has 1 heterocycles. The third-order valence-electron chi connectivity index (χ3n) is 2.76. The maximum atomic E-state index is 5.40. The molecular weight excluding hydrogens is 283 g/mol. The van der Waals surface area contributed by atoms with E-state index in [9.17, 15) is 0 Å². The van der Waals surface area contributed by atoms with Crippen molar-refractivity contribution in [3.8, 4) is 11.5 Å². The van der Waals surface area contributed by atoms with Gasteiger partial charge in [0.2, 0.25) is 0 Å². The molecule has 4 nitrogen and oxygen atoms in total. The Morgan fingerprint density at radius 3 is 2.53 bits per heavy atom. The molecule has 0 aliphatic carbocycles. The summed E-state index contributed by atoms with van der Waals surface area (Å²) < 4.78 is 16.1. The van der Waals surface area contributed by atoms with Gasteiger partial charge in [-0.2, -0.15) is 0 Å². The van der Waals surface area contributed by atoms with Crippen LogP contribution in [0.2, 0.25) is 0 Å². The van der Waals surface area contributed by atoms with Crippen molar-refractivity contribution in [3.63, 3.8) is 0 Å². The second kappa shape index (κ2) is 4.02. The number of hydrogen-bond donors (Lipinski definition) is 0. The molecule has 86 valence electrons. The molecule has 0 aliphatic heterocycles. The van der Waals surface area contributed by atoms with Crippen LogP contribution in [0.1, 0.15) is 0 Å². The van der Waals surface area contributed by atoms with Crippen LogP contribution in [0.15, 0.2) is 24.3 Å². The Morgan fingerprint density at radius 1 is 1.00 bits per heavy atom. The number of rotatable bonds is 2. The number of benzene rings is 2. The second-order valence-electron chi connectivity index (χ2n) is 3.58. The molecular formula is C12H10N2O2Se. The van der Waals surface area contributed by atoms with E-state index in [0.717, 1.165) is 27.8 Å². The van der Waals surface area contributed by atoms with Crippen LogP contribution in [-0.4, -0.2) is 38.1 Å². The van der Waals surface area contributed by atoms with E-state index in [1.54, 1.807) is 14.2 Å². The Bertz CT molecular complexity index is 693. The molecule has 3 rings (SSSR count). The molecule has 0 saturated carbocycles. The van der Waals surface area contributed by atoms with Crippen LogP contribution in [0.25, 0.3) is 20.5 Å². The summed E-state index contributed by atoms with van der Waals surface area (Å²) in [4.78, 5) is 0. The molecule has 2 aromatic carbocycles. The topological polar surface area (TPSA) is 44.2 Å². The van der Waals surface area contributed by atoms with E-state index in [1.807, 2.05) is 18.2 Å². The molecule has 17 heavy (non-hydrogen) atoms. The van der Waals surface area contributed by atoms with Crippen LogP contribution in [0.5, 0.6) is 11.5 Å². The van der Waals surface area contributed by atoms with Gasteiger partial charge in [-0.3, -0.25) is 0 Å². The number of fused-ring (bicyclic) bond motifs is 3. The summed E-state index contributed by atoms with van der Waals surface area (Å²) in [5.74, 6) is 1.65. The Hall–Kier alpha value is -1.58. The van der Waals surface area contributed by atoms with Gasteiger partial charge in [0.15, 0.2) is 0 Å². The molecule has 0 bridgehead atoms. The maximum absolute atomic E-state index is 5.40. The number of aromatic nitrogens is 2. The van der Waals surface area contributed by atoms with Crippen molar-refractivity contribution >= 4 is 35.3 Å². The third-order valence-corrected chi connectivity index (χ3v) is 4.21. The third kappa shape index (κ3) is 1.51. The molecule has 5 heteroatoms. The summed E-state index contributed by atoms with van der Waals surface area (Å²) in [6.07, 6.45) is 0. The fraction of sp³-hybridized carbons (Fsp3) is 0.167. The molecule has 0 saturated heterocycles. The van der Waals surface area contributed by atoms with E-state index in [1.165, 1.54) is 4.26 Å². The predicted molar refractivity (Wildman–Crippen MR) is 67.1 cm³/mol. The Balaban J connectivity index is 2.54. The van der Waals surface area contributed by atoms with Gasteiger partial charge in [-0.05, 0) is 0 Å². The van der Waals surface area contributed by atoms with Crippen LogP contribution in [0.3, 0.4) is 0 Å². The van der Waals surface area contributed by atoms with Gasteiger partial charge in [0.05, 0.1) is 0 Å². The van der Waals surface area contributed by atoms with Crippen molar-refractivity contribution in [2.45, 2.75) is 0 Å². The molecule has 0 fully saturated rings. The summed E-state index contributed by atoms with van der Waals surface area (Å²) >= 11 is 0.0949. The molecule has 0 atom stereocenters. The summed E-state index contributed by atoms with van der Waals surface area (Å²) in [7, 11) is 3.33. The van der Waals surface area contributed by atoms with E-state index in [0.29, 0.717) is 0 Å². The second-order valence-corrected chi connectivity index (χ2v) is 5.23. The normalized spacial score (nSPS) is 10.9. The van der Waals surface area contributed by atoms with Gasteiger partial charge in [-0.25, -0.2) is 0 Å². The fourth-order valence-corrected chi connectivity index (χ4v) is 3.17. The first kappa shape index (κ1) is 10.6.